The third kappa shape index (κ3) is 2.02. The molecule has 0 aliphatic heterocycles. The lowest BCUT2D eigenvalue weighted by Gasteiger charge is -2.07. The quantitative estimate of drug-likeness (QED) is 0.751. The van der Waals surface area contributed by atoms with Gasteiger partial charge in [-0.2, -0.15) is 0 Å². The summed E-state index contributed by atoms with van der Waals surface area (Å²) in [5.41, 5.74) is 0.731. The van der Waals surface area contributed by atoms with Gasteiger partial charge in [0.25, 0.3) is 0 Å². The summed E-state index contributed by atoms with van der Waals surface area (Å²) in [6, 6.07) is 3.13. The molecule has 0 aromatic heterocycles. The van der Waals surface area contributed by atoms with Gasteiger partial charge in [-0.15, -0.1) is 4.91 Å². The van der Waals surface area contributed by atoms with Gasteiger partial charge in [-0.1, -0.05) is 13.3 Å². The van der Waals surface area contributed by atoms with Gasteiger partial charge in [-0.05, 0) is 23.2 Å². The first-order chi connectivity index (χ1) is 6.72. The first-order valence-electron chi connectivity index (χ1n) is 4.46. The largest absolute Gasteiger partial charge is 0.505 e. The van der Waals surface area contributed by atoms with Crippen molar-refractivity contribution < 1.29 is 9.84 Å². The second-order valence-corrected chi connectivity index (χ2v) is 3.00. The van der Waals surface area contributed by atoms with Crippen LogP contribution in [0.5, 0.6) is 11.5 Å². The number of nitrogens with zero attached hydrogens (tertiary/aromatic N) is 1. The van der Waals surface area contributed by atoms with Crippen LogP contribution in [0.1, 0.15) is 18.9 Å². The number of phenols is 1. The summed E-state index contributed by atoms with van der Waals surface area (Å²) in [6.45, 7) is 1.99. The zero-order valence-corrected chi connectivity index (χ0v) is 8.28. The smallest absolute Gasteiger partial charge is 0.153 e. The minimum absolute atomic E-state index is 0.0350. The van der Waals surface area contributed by atoms with Gasteiger partial charge >= 0.3 is 0 Å². The van der Waals surface area contributed by atoms with E-state index in [2.05, 4.69) is 5.18 Å². The number of rotatable bonds is 4. The first kappa shape index (κ1) is 10.5. The van der Waals surface area contributed by atoms with E-state index in [0.717, 1.165) is 6.42 Å². The van der Waals surface area contributed by atoms with Crippen molar-refractivity contribution in [3.8, 4) is 11.5 Å². The summed E-state index contributed by atoms with van der Waals surface area (Å²) in [7, 11) is 1.51. The number of nitroso groups, excluding NO2 is 1. The number of benzene rings is 1. The van der Waals surface area contributed by atoms with Crippen LogP contribution >= 0.6 is 0 Å². The molecule has 0 bridgehead atoms. The van der Waals surface area contributed by atoms with Gasteiger partial charge in [0.05, 0.1) is 7.11 Å². The molecule has 0 aliphatic rings. The third-order valence-corrected chi connectivity index (χ3v) is 2.00. The Bertz CT molecular complexity index is 336. The summed E-state index contributed by atoms with van der Waals surface area (Å²) >= 11 is 0. The molecule has 1 aromatic rings. The normalized spacial score (nSPS) is 9.86. The molecule has 0 spiro atoms. The van der Waals surface area contributed by atoms with E-state index >= 15 is 0 Å². The molecule has 0 fully saturated rings. The van der Waals surface area contributed by atoms with Crippen LogP contribution in [0.15, 0.2) is 17.3 Å². The van der Waals surface area contributed by atoms with Crippen molar-refractivity contribution in [2.24, 2.45) is 5.18 Å². The minimum Gasteiger partial charge on any atom is -0.505 e. The van der Waals surface area contributed by atoms with Crippen LogP contribution in [-0.4, -0.2) is 12.2 Å². The van der Waals surface area contributed by atoms with Crippen molar-refractivity contribution in [2.45, 2.75) is 19.8 Å². The van der Waals surface area contributed by atoms with Gasteiger partial charge in [0, 0.05) is 6.07 Å². The second kappa shape index (κ2) is 4.60. The summed E-state index contributed by atoms with van der Waals surface area (Å²) in [5.74, 6) is 0.503. The maximum Gasteiger partial charge on any atom is 0.153 e. The maximum absolute atomic E-state index is 10.4. The van der Waals surface area contributed by atoms with E-state index < -0.39 is 0 Å². The van der Waals surface area contributed by atoms with E-state index in [9.17, 15) is 10.0 Å². The molecule has 1 aromatic carbocycles. The number of methoxy groups -OCH3 is 1. The van der Waals surface area contributed by atoms with Gasteiger partial charge in [0.2, 0.25) is 0 Å². The van der Waals surface area contributed by atoms with E-state index in [0.29, 0.717) is 17.7 Å². The average molecular weight is 195 g/mol. The Morgan fingerprint density at radius 3 is 2.71 bits per heavy atom. The fraction of sp³-hybridized carbons (Fsp3) is 0.400. The number of hydrogen-bond acceptors (Lipinski definition) is 4. The summed E-state index contributed by atoms with van der Waals surface area (Å²) in [4.78, 5) is 10.4. The molecule has 14 heavy (non-hydrogen) atoms. The van der Waals surface area contributed by atoms with Gasteiger partial charge in [-0.3, -0.25) is 0 Å². The van der Waals surface area contributed by atoms with E-state index in [1.165, 1.54) is 13.2 Å². The molecule has 76 valence electrons. The zero-order chi connectivity index (χ0) is 10.6. The van der Waals surface area contributed by atoms with Crippen LogP contribution in [-0.2, 0) is 6.42 Å². The highest BCUT2D eigenvalue weighted by molar-refractivity contribution is 5.59. The highest BCUT2D eigenvalue weighted by Gasteiger charge is 2.10. The number of ether oxygens (including phenoxy) is 1. The number of aromatic hydroxyl groups is 1. The fourth-order valence-corrected chi connectivity index (χ4v) is 1.30. The topological polar surface area (TPSA) is 58.9 Å². The Morgan fingerprint density at radius 1 is 1.50 bits per heavy atom. The standard InChI is InChI=1S/C10H13NO3/c1-3-4-7-5-8(14-2)6-9(11-13)10(7)12/h5-6,12H,3-4H2,1-2H3. The van der Waals surface area contributed by atoms with E-state index in [-0.39, 0.29) is 11.4 Å². The van der Waals surface area contributed by atoms with Crippen molar-refractivity contribution in [2.75, 3.05) is 7.11 Å². The number of aryl methyl sites for hydroxylation is 1. The van der Waals surface area contributed by atoms with Crippen molar-refractivity contribution in [1.29, 1.82) is 0 Å². The number of hydrogen-bond donors (Lipinski definition) is 1. The van der Waals surface area contributed by atoms with Crippen molar-refractivity contribution in [3.05, 3.63) is 22.6 Å². The summed E-state index contributed by atoms with van der Waals surface area (Å²) in [5, 5.41) is 12.3. The highest BCUT2D eigenvalue weighted by Crippen LogP contribution is 2.35. The molecule has 0 unspecified atom stereocenters. The van der Waals surface area contributed by atoms with Crippen LogP contribution in [0.4, 0.5) is 5.69 Å². The molecule has 1 rings (SSSR count). The van der Waals surface area contributed by atoms with Gasteiger partial charge in [0.1, 0.15) is 11.5 Å². The molecular formula is C10H13NO3. The Hall–Kier alpha value is -1.58. The van der Waals surface area contributed by atoms with E-state index in [1.54, 1.807) is 6.07 Å². The van der Waals surface area contributed by atoms with E-state index in [4.69, 9.17) is 4.74 Å². The molecule has 4 nitrogen and oxygen atoms in total. The maximum atomic E-state index is 10.4. The van der Waals surface area contributed by atoms with Gasteiger partial charge in [0.15, 0.2) is 5.69 Å². The molecular weight excluding hydrogens is 182 g/mol. The first-order valence-corrected chi connectivity index (χ1v) is 4.46. The van der Waals surface area contributed by atoms with Crippen molar-refractivity contribution in [1.82, 2.24) is 0 Å². The fourth-order valence-electron chi connectivity index (χ4n) is 1.30. The zero-order valence-electron chi connectivity index (χ0n) is 8.28. The lowest BCUT2D eigenvalue weighted by atomic mass is 10.1. The van der Waals surface area contributed by atoms with Crippen LogP contribution < -0.4 is 4.74 Å². The molecule has 1 N–H and O–H groups in total. The van der Waals surface area contributed by atoms with Crippen molar-refractivity contribution in [3.63, 3.8) is 0 Å². The SMILES string of the molecule is CCCc1cc(OC)cc(N=O)c1O. The monoisotopic (exact) mass is 195 g/mol. The molecule has 0 atom stereocenters. The predicted octanol–water partition coefficient (Wildman–Crippen LogP) is 2.75. The molecule has 0 heterocycles. The molecule has 0 radical (unpaired) electrons. The lowest BCUT2D eigenvalue weighted by Crippen LogP contribution is -1.88. The van der Waals surface area contributed by atoms with Crippen LogP contribution in [0, 0.1) is 4.91 Å². The number of phenolic OH excluding ortho intramolecular Hbond substituents is 1. The Kier molecular flexibility index (Phi) is 3.45. The molecule has 0 saturated carbocycles. The lowest BCUT2D eigenvalue weighted by molar-refractivity contribution is 0.411. The van der Waals surface area contributed by atoms with Gasteiger partial charge < -0.3 is 9.84 Å². The molecule has 0 saturated heterocycles. The Labute approximate surface area is 82.5 Å². The van der Waals surface area contributed by atoms with Crippen LogP contribution in [0.2, 0.25) is 0 Å². The van der Waals surface area contributed by atoms with E-state index in [1.807, 2.05) is 6.92 Å². The van der Waals surface area contributed by atoms with Crippen molar-refractivity contribution >= 4 is 5.69 Å². The summed E-state index contributed by atoms with van der Waals surface area (Å²) < 4.78 is 4.99. The molecule has 0 amide bonds. The molecule has 0 aliphatic carbocycles. The van der Waals surface area contributed by atoms with Gasteiger partial charge in [-0.25, -0.2) is 0 Å². The third-order valence-electron chi connectivity index (χ3n) is 2.00. The highest BCUT2D eigenvalue weighted by atomic mass is 16.5. The Balaban J connectivity index is 3.19. The second-order valence-electron chi connectivity index (χ2n) is 3.00. The summed E-state index contributed by atoms with van der Waals surface area (Å²) in [6.07, 6.45) is 1.59. The minimum atomic E-state index is -0.0392. The average Bonchev–Trinajstić information content (AvgIpc) is 2.21. The molecule has 4 heteroatoms. The Morgan fingerprint density at radius 2 is 2.21 bits per heavy atom. The predicted molar refractivity (Wildman–Crippen MR) is 54.1 cm³/mol. The van der Waals surface area contributed by atoms with Crippen LogP contribution in [0.3, 0.4) is 0 Å². The van der Waals surface area contributed by atoms with Crippen LogP contribution in [0.25, 0.3) is 0 Å².